The summed E-state index contributed by atoms with van der Waals surface area (Å²) in [6.45, 7) is 9.37. The Kier molecular flexibility index (Phi) is 4.61. The summed E-state index contributed by atoms with van der Waals surface area (Å²) in [5.74, 6) is 0.348. The smallest absolute Gasteiger partial charge is 0.249 e. The van der Waals surface area contributed by atoms with E-state index in [-0.39, 0.29) is 17.7 Å². The molecule has 0 bridgehead atoms. The van der Waals surface area contributed by atoms with Gasteiger partial charge in [0, 0.05) is 13.2 Å². The second-order valence-corrected chi connectivity index (χ2v) is 6.32. The summed E-state index contributed by atoms with van der Waals surface area (Å²) in [5, 5.41) is 3.05. The number of carbonyl (C=O) groups is 2. The van der Waals surface area contributed by atoms with Crippen molar-refractivity contribution < 1.29 is 14.3 Å². The van der Waals surface area contributed by atoms with Gasteiger partial charge in [0.05, 0.1) is 6.61 Å². The maximum Gasteiger partial charge on any atom is 0.249 e. The molecular formula is C16H28N2O3. The van der Waals surface area contributed by atoms with Crippen molar-refractivity contribution in [1.29, 1.82) is 0 Å². The van der Waals surface area contributed by atoms with Crippen LogP contribution < -0.4 is 5.32 Å². The van der Waals surface area contributed by atoms with Gasteiger partial charge in [0.2, 0.25) is 11.8 Å². The highest BCUT2D eigenvalue weighted by molar-refractivity contribution is 6.02. The van der Waals surface area contributed by atoms with Gasteiger partial charge in [-0.05, 0) is 45.4 Å². The van der Waals surface area contributed by atoms with Gasteiger partial charge in [-0.3, -0.25) is 9.59 Å². The zero-order valence-corrected chi connectivity index (χ0v) is 13.7. The molecule has 0 aromatic rings. The molecule has 1 aliphatic carbocycles. The molecule has 0 radical (unpaired) electrons. The Hall–Kier alpha value is -1.10. The summed E-state index contributed by atoms with van der Waals surface area (Å²) in [4.78, 5) is 27.6. The van der Waals surface area contributed by atoms with Crippen LogP contribution >= 0.6 is 0 Å². The number of hydrogen-bond acceptors (Lipinski definition) is 3. The van der Waals surface area contributed by atoms with E-state index in [1.807, 2.05) is 27.7 Å². The summed E-state index contributed by atoms with van der Waals surface area (Å²) in [6.07, 6.45) is 3.31. The third-order valence-electron chi connectivity index (χ3n) is 5.23. The Morgan fingerprint density at radius 1 is 1.24 bits per heavy atom. The zero-order valence-electron chi connectivity index (χ0n) is 13.7. The molecule has 2 fully saturated rings. The molecule has 0 aromatic carbocycles. The van der Waals surface area contributed by atoms with E-state index in [4.69, 9.17) is 4.74 Å². The molecule has 21 heavy (non-hydrogen) atoms. The van der Waals surface area contributed by atoms with Crippen molar-refractivity contribution in [3.05, 3.63) is 0 Å². The second-order valence-electron chi connectivity index (χ2n) is 6.32. The highest BCUT2D eigenvalue weighted by Gasteiger charge is 2.59. The van der Waals surface area contributed by atoms with Crippen LogP contribution in [-0.2, 0) is 14.3 Å². The Morgan fingerprint density at radius 3 is 2.33 bits per heavy atom. The lowest BCUT2D eigenvalue weighted by molar-refractivity contribution is -0.165. The van der Waals surface area contributed by atoms with Crippen LogP contribution in [0.15, 0.2) is 0 Å². The predicted octanol–water partition coefficient (Wildman–Crippen LogP) is 1.71. The minimum absolute atomic E-state index is 0.00185. The fourth-order valence-electron chi connectivity index (χ4n) is 3.51. The van der Waals surface area contributed by atoms with Crippen molar-refractivity contribution in [3.63, 3.8) is 0 Å². The van der Waals surface area contributed by atoms with Crippen molar-refractivity contribution in [3.8, 4) is 0 Å². The molecule has 2 aliphatic rings. The van der Waals surface area contributed by atoms with E-state index in [9.17, 15) is 9.59 Å². The van der Waals surface area contributed by atoms with Crippen LogP contribution in [0.5, 0.6) is 0 Å². The van der Waals surface area contributed by atoms with Crippen molar-refractivity contribution >= 4 is 11.8 Å². The molecule has 1 saturated carbocycles. The SMILES string of the molecule is CCOCCN1C(=O)C(C)(C2CC2)NC(=O)C1(CC)CC. The molecule has 2 rings (SSSR count). The van der Waals surface area contributed by atoms with Gasteiger partial charge >= 0.3 is 0 Å². The third kappa shape index (κ3) is 2.56. The number of carbonyl (C=O) groups excluding carboxylic acids is 2. The molecule has 1 saturated heterocycles. The molecule has 120 valence electrons. The summed E-state index contributed by atoms with van der Waals surface area (Å²) < 4.78 is 5.42. The minimum atomic E-state index is -0.725. The Bertz CT molecular complexity index is 416. The normalized spacial score (nSPS) is 28.7. The van der Waals surface area contributed by atoms with Crippen molar-refractivity contribution in [2.75, 3.05) is 19.8 Å². The van der Waals surface area contributed by atoms with Gasteiger partial charge < -0.3 is 15.0 Å². The molecular weight excluding hydrogens is 268 g/mol. The summed E-state index contributed by atoms with van der Waals surface area (Å²) in [6, 6.07) is 0. The lowest BCUT2D eigenvalue weighted by atomic mass is 9.80. The average Bonchev–Trinajstić information content (AvgIpc) is 3.30. The zero-order chi connectivity index (χ0) is 15.7. The highest BCUT2D eigenvalue weighted by Crippen LogP contribution is 2.44. The van der Waals surface area contributed by atoms with Crippen LogP contribution in [0.1, 0.15) is 53.4 Å². The maximum absolute atomic E-state index is 13.1. The molecule has 2 amide bonds. The molecule has 0 spiro atoms. The quantitative estimate of drug-likeness (QED) is 0.728. The van der Waals surface area contributed by atoms with E-state index in [2.05, 4.69) is 5.32 Å². The van der Waals surface area contributed by atoms with Crippen LogP contribution in [-0.4, -0.2) is 47.6 Å². The molecule has 0 aromatic heterocycles. The van der Waals surface area contributed by atoms with Gasteiger partial charge in [-0.25, -0.2) is 0 Å². The van der Waals surface area contributed by atoms with Crippen molar-refractivity contribution in [2.24, 2.45) is 5.92 Å². The molecule has 1 N–H and O–H groups in total. The summed E-state index contributed by atoms with van der Waals surface area (Å²) in [5.41, 5.74) is -1.44. The van der Waals surface area contributed by atoms with Crippen molar-refractivity contribution in [2.45, 2.75) is 64.5 Å². The number of hydrogen-bond donors (Lipinski definition) is 1. The largest absolute Gasteiger partial charge is 0.380 e. The van der Waals surface area contributed by atoms with Crippen LogP contribution in [0.25, 0.3) is 0 Å². The number of ether oxygens (including phenoxy) is 1. The molecule has 5 nitrogen and oxygen atoms in total. The van der Waals surface area contributed by atoms with E-state index >= 15 is 0 Å². The number of rotatable bonds is 7. The van der Waals surface area contributed by atoms with Crippen LogP contribution in [0.4, 0.5) is 0 Å². The number of nitrogens with one attached hydrogen (secondary N) is 1. The fraction of sp³-hybridized carbons (Fsp3) is 0.875. The Morgan fingerprint density at radius 2 is 1.86 bits per heavy atom. The third-order valence-corrected chi connectivity index (χ3v) is 5.23. The molecule has 1 unspecified atom stereocenters. The van der Waals surface area contributed by atoms with E-state index in [0.717, 1.165) is 12.8 Å². The van der Waals surface area contributed by atoms with E-state index in [1.54, 1.807) is 4.90 Å². The fourth-order valence-corrected chi connectivity index (χ4v) is 3.51. The second kappa shape index (κ2) is 5.95. The molecule has 1 atom stereocenters. The minimum Gasteiger partial charge on any atom is -0.380 e. The van der Waals surface area contributed by atoms with Gasteiger partial charge in [-0.1, -0.05) is 13.8 Å². The van der Waals surface area contributed by atoms with E-state index in [0.29, 0.717) is 32.6 Å². The first-order valence-electron chi connectivity index (χ1n) is 8.18. The predicted molar refractivity (Wildman–Crippen MR) is 80.8 cm³/mol. The van der Waals surface area contributed by atoms with Crippen LogP contribution in [0.3, 0.4) is 0 Å². The van der Waals surface area contributed by atoms with Gasteiger partial charge in [0.15, 0.2) is 0 Å². The Balaban J connectivity index is 2.29. The van der Waals surface area contributed by atoms with Gasteiger partial charge in [-0.15, -0.1) is 0 Å². The lowest BCUT2D eigenvalue weighted by Crippen LogP contribution is -2.75. The van der Waals surface area contributed by atoms with Gasteiger partial charge in [-0.2, -0.15) is 0 Å². The number of nitrogens with zero attached hydrogens (tertiary/aromatic N) is 1. The monoisotopic (exact) mass is 296 g/mol. The Labute approximate surface area is 127 Å². The molecule has 5 heteroatoms. The summed E-state index contributed by atoms with van der Waals surface area (Å²) in [7, 11) is 0. The first-order valence-corrected chi connectivity index (χ1v) is 8.18. The average molecular weight is 296 g/mol. The van der Waals surface area contributed by atoms with E-state index in [1.165, 1.54) is 0 Å². The van der Waals surface area contributed by atoms with Gasteiger partial charge in [0.1, 0.15) is 11.1 Å². The highest BCUT2D eigenvalue weighted by atomic mass is 16.5. The lowest BCUT2D eigenvalue weighted by Gasteiger charge is -2.51. The maximum atomic E-state index is 13.1. The first-order chi connectivity index (χ1) is 9.96. The first kappa shape index (κ1) is 16.3. The van der Waals surface area contributed by atoms with Crippen LogP contribution in [0, 0.1) is 5.92 Å². The van der Waals surface area contributed by atoms with Crippen molar-refractivity contribution in [1.82, 2.24) is 10.2 Å². The van der Waals surface area contributed by atoms with E-state index < -0.39 is 11.1 Å². The number of piperazine rings is 1. The molecule has 1 aliphatic heterocycles. The molecule has 1 heterocycles. The standard InChI is InChI=1S/C16H28N2O3/c1-5-16(6-2)13(19)17-15(4,12-8-9-12)14(20)18(16)10-11-21-7-3/h12H,5-11H2,1-4H3,(H,17,19). The summed E-state index contributed by atoms with van der Waals surface area (Å²) >= 11 is 0. The van der Waals surface area contributed by atoms with Gasteiger partial charge in [0.25, 0.3) is 0 Å². The number of amides is 2. The topological polar surface area (TPSA) is 58.6 Å². The van der Waals surface area contributed by atoms with Crippen LogP contribution in [0.2, 0.25) is 0 Å².